The monoisotopic (exact) mass is 460 g/mol. The number of aromatic nitrogens is 6. The summed E-state index contributed by atoms with van der Waals surface area (Å²) in [7, 11) is 0. The van der Waals surface area contributed by atoms with Gasteiger partial charge in [0.25, 0.3) is 0 Å². The molecule has 0 aromatic carbocycles. The number of nitrogens with one attached hydrogen (secondary N) is 1. The number of H-pyrrole nitrogens is 1. The number of hydrogen-bond acceptors (Lipinski definition) is 10. The van der Waals surface area contributed by atoms with Gasteiger partial charge >= 0.3 is 0 Å². The van der Waals surface area contributed by atoms with Gasteiger partial charge in [0.2, 0.25) is 4.77 Å². The van der Waals surface area contributed by atoms with E-state index in [1.54, 1.807) is 17.2 Å². The Kier molecular flexibility index (Phi) is 14.7. The van der Waals surface area contributed by atoms with Crippen LogP contribution in [0.25, 0.3) is 0 Å². The fraction of sp³-hybridized carbons (Fsp3) is 0.778. The molecule has 0 fully saturated rings. The molecule has 13 heteroatoms. The molecular weight excluding hydrogens is 428 g/mol. The first-order valence-corrected chi connectivity index (χ1v) is 10.7. The number of tetrazole rings is 1. The number of hydrogen-bond donors (Lipinski definition) is 1. The predicted octanol–water partition coefficient (Wildman–Crippen LogP) is 0.332. The molecule has 1 N–H and O–H groups in total. The van der Waals surface area contributed by atoms with Gasteiger partial charge in [-0.1, -0.05) is 10.3 Å². The van der Waals surface area contributed by atoms with E-state index in [-0.39, 0.29) is 0 Å². The van der Waals surface area contributed by atoms with Crippen molar-refractivity contribution in [2.45, 2.75) is 13.1 Å². The van der Waals surface area contributed by atoms with E-state index >= 15 is 0 Å². The minimum Gasteiger partial charge on any atom is -0.377 e. The van der Waals surface area contributed by atoms with E-state index in [0.717, 1.165) is 6.54 Å². The van der Waals surface area contributed by atoms with Crippen LogP contribution in [0.4, 0.5) is 0 Å². The zero-order valence-corrected chi connectivity index (χ0v) is 18.5. The molecule has 0 aliphatic heterocycles. The zero-order chi connectivity index (χ0) is 21.8. The molecule has 0 saturated heterocycles. The van der Waals surface area contributed by atoms with E-state index < -0.39 is 0 Å². The average molecular weight is 461 g/mol. The van der Waals surface area contributed by atoms with Crippen molar-refractivity contribution in [3.63, 3.8) is 0 Å². The second kappa shape index (κ2) is 17.9. The normalized spacial score (nSPS) is 11.4. The summed E-state index contributed by atoms with van der Waals surface area (Å²) in [6, 6.07) is 0. The number of ether oxygens (including phenoxy) is 6. The van der Waals surface area contributed by atoms with Crippen LogP contribution in [0.2, 0.25) is 0 Å². The average Bonchev–Trinajstić information content (AvgIpc) is 3.44. The lowest BCUT2D eigenvalue weighted by atomic mass is 10.6. The van der Waals surface area contributed by atoms with Crippen molar-refractivity contribution in [2.75, 3.05) is 79.3 Å². The first-order valence-electron chi connectivity index (χ1n) is 10.3. The minimum absolute atomic E-state index is 0.413. The number of nitrogens with zero attached hydrogens (tertiary/aromatic N) is 5. The van der Waals surface area contributed by atoms with Crippen LogP contribution in [0.15, 0.2) is 18.7 Å². The van der Waals surface area contributed by atoms with Crippen molar-refractivity contribution >= 4 is 12.2 Å². The summed E-state index contributed by atoms with van der Waals surface area (Å²) in [5.74, 6) is 0. The van der Waals surface area contributed by atoms with Crippen molar-refractivity contribution in [1.82, 2.24) is 29.8 Å². The lowest BCUT2D eigenvalue weighted by molar-refractivity contribution is -0.0173. The van der Waals surface area contributed by atoms with Crippen molar-refractivity contribution in [3.05, 3.63) is 23.5 Å². The largest absolute Gasteiger partial charge is 0.377 e. The van der Waals surface area contributed by atoms with E-state index in [2.05, 4.69) is 20.5 Å². The predicted molar refractivity (Wildman–Crippen MR) is 112 cm³/mol. The summed E-state index contributed by atoms with van der Waals surface area (Å²) < 4.78 is 36.7. The van der Waals surface area contributed by atoms with E-state index in [1.807, 2.05) is 10.8 Å². The van der Waals surface area contributed by atoms with E-state index in [9.17, 15) is 0 Å². The maximum atomic E-state index is 5.48. The SMILES string of the molecule is S=c1nn[nH]n1CCOCCOCCOCCOCCOCCOCCn1ccnc1. The third-order valence-electron chi connectivity index (χ3n) is 3.90. The van der Waals surface area contributed by atoms with E-state index in [4.69, 9.17) is 40.6 Å². The van der Waals surface area contributed by atoms with Crippen LogP contribution in [0.1, 0.15) is 0 Å². The smallest absolute Gasteiger partial charge is 0.238 e. The minimum atomic E-state index is 0.413. The van der Waals surface area contributed by atoms with Crippen LogP contribution in [-0.4, -0.2) is 109 Å². The number of aromatic amines is 1. The number of rotatable bonds is 21. The maximum absolute atomic E-state index is 5.48. The summed E-state index contributed by atoms with van der Waals surface area (Å²) in [5, 5.41) is 9.95. The van der Waals surface area contributed by atoms with Crippen LogP contribution >= 0.6 is 12.2 Å². The van der Waals surface area contributed by atoms with Crippen molar-refractivity contribution in [2.24, 2.45) is 0 Å². The lowest BCUT2D eigenvalue weighted by Crippen LogP contribution is -2.15. The van der Waals surface area contributed by atoms with Gasteiger partial charge in [-0.15, -0.1) is 0 Å². The van der Waals surface area contributed by atoms with Gasteiger partial charge in [-0.25, -0.2) is 9.67 Å². The Morgan fingerprint density at radius 3 is 1.61 bits per heavy atom. The highest BCUT2D eigenvalue weighted by Gasteiger charge is 1.97. The Labute approximate surface area is 186 Å². The van der Waals surface area contributed by atoms with Crippen molar-refractivity contribution in [1.29, 1.82) is 0 Å². The molecule has 0 bridgehead atoms. The molecule has 176 valence electrons. The molecule has 12 nitrogen and oxygen atoms in total. The Bertz CT molecular complexity index is 698. The summed E-state index contributed by atoms with van der Waals surface area (Å²) in [6.45, 7) is 7.83. The highest BCUT2D eigenvalue weighted by Crippen LogP contribution is 1.88. The molecule has 0 aliphatic rings. The van der Waals surface area contributed by atoms with Gasteiger partial charge in [-0.05, 0) is 12.2 Å². The van der Waals surface area contributed by atoms with Crippen molar-refractivity contribution < 1.29 is 28.4 Å². The molecule has 0 radical (unpaired) electrons. The molecule has 0 saturated carbocycles. The van der Waals surface area contributed by atoms with Gasteiger partial charge in [0.05, 0.1) is 92.2 Å². The molecule has 2 aromatic heterocycles. The summed E-state index contributed by atoms with van der Waals surface area (Å²) in [6.07, 6.45) is 5.43. The van der Waals surface area contributed by atoms with Crippen molar-refractivity contribution in [3.8, 4) is 0 Å². The van der Waals surface area contributed by atoms with E-state index in [0.29, 0.717) is 90.6 Å². The molecule has 2 heterocycles. The molecular formula is C18H32N6O6S. The van der Waals surface area contributed by atoms with Crippen LogP contribution in [0.5, 0.6) is 0 Å². The topological polar surface area (TPSA) is 120 Å². The molecule has 0 atom stereocenters. The first kappa shape index (κ1) is 25.5. The van der Waals surface area contributed by atoms with Crippen LogP contribution in [-0.2, 0) is 41.5 Å². The van der Waals surface area contributed by atoms with Gasteiger partial charge in [-0.2, -0.15) is 5.21 Å². The summed E-state index contributed by atoms with van der Waals surface area (Å²) in [5.41, 5.74) is 0. The van der Waals surface area contributed by atoms with Gasteiger partial charge in [-0.3, -0.25) is 0 Å². The molecule has 2 rings (SSSR count). The molecule has 31 heavy (non-hydrogen) atoms. The summed E-state index contributed by atoms with van der Waals surface area (Å²) >= 11 is 4.96. The Morgan fingerprint density at radius 2 is 1.19 bits per heavy atom. The number of imidazole rings is 1. The van der Waals surface area contributed by atoms with E-state index in [1.165, 1.54) is 0 Å². The maximum Gasteiger partial charge on any atom is 0.238 e. The van der Waals surface area contributed by atoms with Gasteiger partial charge < -0.3 is 33.0 Å². The van der Waals surface area contributed by atoms with Crippen LogP contribution in [0.3, 0.4) is 0 Å². The molecule has 2 aromatic rings. The lowest BCUT2D eigenvalue weighted by Gasteiger charge is -2.08. The summed E-state index contributed by atoms with van der Waals surface area (Å²) in [4.78, 5) is 3.97. The highest BCUT2D eigenvalue weighted by molar-refractivity contribution is 7.71. The first-order chi connectivity index (χ1) is 15.4. The quantitative estimate of drug-likeness (QED) is 0.206. The van der Waals surface area contributed by atoms with Crippen LogP contribution in [0, 0.1) is 4.77 Å². The Balaban J connectivity index is 1.20. The Hall–Kier alpha value is -1.74. The second-order valence-corrected chi connectivity index (χ2v) is 6.57. The molecule has 0 amide bonds. The van der Waals surface area contributed by atoms with Gasteiger partial charge in [0, 0.05) is 18.9 Å². The molecule has 0 spiro atoms. The third kappa shape index (κ3) is 13.3. The fourth-order valence-electron chi connectivity index (χ4n) is 2.31. The Morgan fingerprint density at radius 1 is 0.710 bits per heavy atom. The third-order valence-corrected chi connectivity index (χ3v) is 4.21. The standard InChI is InChI=1S/C18H32N6O6S/c31-18-20-21-22-24(18)4-6-26-8-10-28-12-14-30-16-15-29-13-11-27-9-7-25-5-3-23-2-1-19-17-23/h1-2,17H,3-16H2,(H,20,22,31). The van der Waals surface area contributed by atoms with Crippen LogP contribution < -0.4 is 0 Å². The molecule has 0 unspecified atom stereocenters. The molecule has 0 aliphatic carbocycles. The zero-order valence-electron chi connectivity index (χ0n) is 17.7. The highest BCUT2D eigenvalue weighted by atomic mass is 32.1. The second-order valence-electron chi connectivity index (χ2n) is 6.21. The van der Waals surface area contributed by atoms with Gasteiger partial charge in [0.15, 0.2) is 0 Å². The van der Waals surface area contributed by atoms with Gasteiger partial charge in [0.1, 0.15) is 0 Å². The fourth-order valence-corrected chi connectivity index (χ4v) is 2.48.